The fraction of sp³-hybridized carbons (Fsp3) is 0.650. The Bertz CT molecular complexity index is 869. The molecule has 0 saturated carbocycles. The zero-order valence-corrected chi connectivity index (χ0v) is 16.4. The normalized spacial score (nSPS) is 22.0. The smallest absolute Gasteiger partial charge is 0.226 e. The Morgan fingerprint density at radius 1 is 1.21 bits per heavy atom. The molecule has 2 aromatic heterocycles. The van der Waals surface area contributed by atoms with E-state index in [4.69, 9.17) is 9.72 Å². The second-order valence-electron chi connectivity index (χ2n) is 8.26. The third-order valence-corrected chi connectivity index (χ3v) is 6.28. The first kappa shape index (κ1) is 17.9. The third kappa shape index (κ3) is 3.24. The summed E-state index contributed by atoms with van der Waals surface area (Å²) in [6.45, 7) is 5.04. The van der Waals surface area contributed by atoms with Crippen LogP contribution < -0.4 is 10.2 Å². The van der Waals surface area contributed by atoms with Crippen LogP contribution in [-0.2, 0) is 22.4 Å². The van der Waals surface area contributed by atoms with E-state index in [1.165, 1.54) is 11.3 Å². The van der Waals surface area contributed by atoms with Crippen LogP contribution in [0.4, 0.5) is 5.82 Å². The maximum atomic E-state index is 12.7. The minimum absolute atomic E-state index is 0.0470. The van der Waals surface area contributed by atoms with Crippen LogP contribution in [-0.4, -0.2) is 77.9 Å². The van der Waals surface area contributed by atoms with Crippen molar-refractivity contribution in [3.8, 4) is 0 Å². The molecule has 3 aliphatic rings. The molecule has 0 atom stereocenters. The molecule has 150 valence electrons. The van der Waals surface area contributed by atoms with Crippen molar-refractivity contribution in [2.24, 2.45) is 5.92 Å². The molecule has 2 fully saturated rings. The first-order valence-electron chi connectivity index (χ1n) is 10.4. The van der Waals surface area contributed by atoms with Crippen LogP contribution in [0.2, 0.25) is 0 Å². The molecule has 1 amide bonds. The maximum absolute atomic E-state index is 12.7. The van der Waals surface area contributed by atoms with E-state index < -0.39 is 0 Å². The van der Waals surface area contributed by atoms with E-state index in [0.717, 1.165) is 76.5 Å². The van der Waals surface area contributed by atoms with Crippen molar-refractivity contribution in [3.05, 3.63) is 23.5 Å². The Morgan fingerprint density at radius 3 is 2.82 bits per heavy atom. The van der Waals surface area contributed by atoms with Gasteiger partial charge in [-0.2, -0.15) is 9.61 Å². The molecule has 5 heterocycles. The van der Waals surface area contributed by atoms with Crippen LogP contribution in [0, 0.1) is 5.92 Å². The molecule has 0 aliphatic carbocycles. The summed E-state index contributed by atoms with van der Waals surface area (Å²) in [7, 11) is 2.16. The number of aromatic nitrogens is 3. The summed E-state index contributed by atoms with van der Waals surface area (Å²) in [6.07, 6.45) is 5.58. The molecule has 5 rings (SSSR count). The standard InChI is InChI=1S/C20H28N6O2/c1-24-8-3-16-17(4-9-24)23-18-2-7-21-26(18)20(16)25-12-14(13-25)19(27)22-15-5-10-28-11-6-15/h2,7,14-15H,3-6,8-13H2,1H3,(H,22,27). The highest BCUT2D eigenvalue weighted by Gasteiger charge is 2.37. The Kier molecular flexibility index (Phi) is 4.68. The van der Waals surface area contributed by atoms with Gasteiger partial charge in [-0.1, -0.05) is 0 Å². The van der Waals surface area contributed by atoms with Gasteiger partial charge in [0.05, 0.1) is 17.8 Å². The van der Waals surface area contributed by atoms with Gasteiger partial charge >= 0.3 is 0 Å². The lowest BCUT2D eigenvalue weighted by molar-refractivity contribution is -0.127. The number of fused-ring (bicyclic) bond motifs is 2. The van der Waals surface area contributed by atoms with E-state index in [2.05, 4.69) is 27.3 Å². The van der Waals surface area contributed by atoms with Gasteiger partial charge in [0.25, 0.3) is 0 Å². The lowest BCUT2D eigenvalue weighted by Gasteiger charge is -2.41. The summed E-state index contributed by atoms with van der Waals surface area (Å²) in [6, 6.07) is 2.23. The van der Waals surface area contributed by atoms with Crippen molar-refractivity contribution in [1.29, 1.82) is 0 Å². The first-order chi connectivity index (χ1) is 13.7. The van der Waals surface area contributed by atoms with Crippen LogP contribution in [0.5, 0.6) is 0 Å². The average Bonchev–Trinajstić information content (AvgIpc) is 3.04. The molecular formula is C20H28N6O2. The van der Waals surface area contributed by atoms with E-state index in [-0.39, 0.29) is 17.9 Å². The minimum atomic E-state index is 0.0470. The van der Waals surface area contributed by atoms with E-state index in [9.17, 15) is 4.79 Å². The Hall–Kier alpha value is -2.19. The highest BCUT2D eigenvalue weighted by Crippen LogP contribution is 2.32. The molecule has 8 nitrogen and oxygen atoms in total. The average molecular weight is 384 g/mol. The van der Waals surface area contributed by atoms with Gasteiger partial charge in [0.15, 0.2) is 5.65 Å². The third-order valence-electron chi connectivity index (χ3n) is 6.28. The van der Waals surface area contributed by atoms with E-state index >= 15 is 0 Å². The summed E-state index contributed by atoms with van der Waals surface area (Å²) in [5.74, 6) is 1.36. The topological polar surface area (TPSA) is 75.0 Å². The lowest BCUT2D eigenvalue weighted by atomic mass is 9.96. The van der Waals surface area contributed by atoms with Crippen molar-refractivity contribution >= 4 is 17.4 Å². The Morgan fingerprint density at radius 2 is 2.00 bits per heavy atom. The molecule has 0 aromatic carbocycles. The number of hydrogen-bond acceptors (Lipinski definition) is 6. The molecule has 3 aliphatic heterocycles. The van der Waals surface area contributed by atoms with Crippen molar-refractivity contribution in [1.82, 2.24) is 24.8 Å². The quantitative estimate of drug-likeness (QED) is 0.830. The second-order valence-corrected chi connectivity index (χ2v) is 8.26. The van der Waals surface area contributed by atoms with Gasteiger partial charge in [-0.25, -0.2) is 4.98 Å². The first-order valence-corrected chi connectivity index (χ1v) is 10.4. The van der Waals surface area contributed by atoms with Gasteiger partial charge in [0.1, 0.15) is 5.82 Å². The molecule has 2 aromatic rings. The van der Waals surface area contributed by atoms with E-state index in [0.29, 0.717) is 0 Å². The summed E-state index contributed by atoms with van der Waals surface area (Å²) in [5.41, 5.74) is 3.37. The zero-order chi connectivity index (χ0) is 19.1. The van der Waals surface area contributed by atoms with Crippen molar-refractivity contribution in [2.45, 2.75) is 31.7 Å². The largest absolute Gasteiger partial charge is 0.381 e. The number of hydrogen-bond donors (Lipinski definition) is 1. The number of likely N-dealkylation sites (N-methyl/N-ethyl adjacent to an activating group) is 1. The van der Waals surface area contributed by atoms with E-state index in [1.54, 1.807) is 0 Å². The molecule has 0 unspecified atom stereocenters. The summed E-state index contributed by atoms with van der Waals surface area (Å²) >= 11 is 0. The molecule has 28 heavy (non-hydrogen) atoms. The van der Waals surface area contributed by atoms with Crippen molar-refractivity contribution in [3.63, 3.8) is 0 Å². The van der Waals surface area contributed by atoms with Gasteiger partial charge in [0, 0.05) is 63.5 Å². The Balaban J connectivity index is 1.34. The second kappa shape index (κ2) is 7.33. The summed E-state index contributed by atoms with van der Waals surface area (Å²) in [4.78, 5) is 22.2. The molecule has 0 radical (unpaired) electrons. The fourth-order valence-corrected chi connectivity index (χ4v) is 4.48. The monoisotopic (exact) mass is 384 g/mol. The molecule has 2 saturated heterocycles. The highest BCUT2D eigenvalue weighted by molar-refractivity contribution is 5.82. The number of carbonyl (C=O) groups is 1. The highest BCUT2D eigenvalue weighted by atomic mass is 16.5. The predicted molar refractivity (Wildman–Crippen MR) is 106 cm³/mol. The van der Waals surface area contributed by atoms with Crippen LogP contribution in [0.1, 0.15) is 24.1 Å². The lowest BCUT2D eigenvalue weighted by Crippen LogP contribution is -2.56. The predicted octanol–water partition coefficient (Wildman–Crippen LogP) is 0.491. The van der Waals surface area contributed by atoms with Crippen LogP contribution >= 0.6 is 0 Å². The van der Waals surface area contributed by atoms with Gasteiger partial charge in [-0.3, -0.25) is 4.79 Å². The summed E-state index contributed by atoms with van der Waals surface area (Å²) < 4.78 is 7.34. The Labute approximate surface area is 164 Å². The molecular weight excluding hydrogens is 356 g/mol. The van der Waals surface area contributed by atoms with Crippen LogP contribution in [0.3, 0.4) is 0 Å². The molecule has 1 N–H and O–H groups in total. The number of anilines is 1. The van der Waals surface area contributed by atoms with Gasteiger partial charge in [-0.15, -0.1) is 0 Å². The van der Waals surface area contributed by atoms with Crippen LogP contribution in [0.15, 0.2) is 12.3 Å². The SMILES string of the molecule is CN1CCc2nc3ccnn3c(N3CC(C(=O)NC4CCOCC4)C3)c2CC1. The van der Waals surface area contributed by atoms with Crippen molar-refractivity contribution < 1.29 is 9.53 Å². The number of carbonyl (C=O) groups excluding carboxylic acids is 1. The number of rotatable bonds is 3. The summed E-state index contributed by atoms with van der Waals surface area (Å²) in [5, 5.41) is 7.74. The zero-order valence-electron chi connectivity index (χ0n) is 16.4. The molecule has 8 heteroatoms. The van der Waals surface area contributed by atoms with E-state index in [1.807, 2.05) is 16.8 Å². The fourth-order valence-electron chi connectivity index (χ4n) is 4.48. The molecule has 0 spiro atoms. The number of ether oxygens (including phenoxy) is 1. The van der Waals surface area contributed by atoms with Crippen LogP contribution in [0.25, 0.3) is 5.65 Å². The van der Waals surface area contributed by atoms with Gasteiger partial charge in [-0.05, 0) is 26.3 Å². The van der Waals surface area contributed by atoms with Gasteiger partial charge < -0.3 is 19.9 Å². The minimum Gasteiger partial charge on any atom is -0.381 e. The molecule has 0 bridgehead atoms. The number of nitrogens with zero attached hydrogens (tertiary/aromatic N) is 5. The van der Waals surface area contributed by atoms with Gasteiger partial charge in [0.2, 0.25) is 5.91 Å². The maximum Gasteiger partial charge on any atom is 0.226 e. The van der Waals surface area contributed by atoms with Crippen molar-refractivity contribution in [2.75, 3.05) is 51.3 Å². The number of nitrogens with one attached hydrogen (secondary N) is 1. The number of amides is 1.